The lowest BCUT2D eigenvalue weighted by Gasteiger charge is -2.10. The zero-order chi connectivity index (χ0) is 16.8. The molecule has 0 radical (unpaired) electrons. The van der Waals surface area contributed by atoms with Gasteiger partial charge in [0.1, 0.15) is 5.70 Å². The van der Waals surface area contributed by atoms with Gasteiger partial charge < -0.3 is 14.8 Å². The molecule has 23 heavy (non-hydrogen) atoms. The molecule has 2 rings (SSSR count). The van der Waals surface area contributed by atoms with Crippen molar-refractivity contribution in [3.8, 4) is 11.1 Å². The minimum absolute atomic E-state index is 0.0114. The van der Waals surface area contributed by atoms with Crippen LogP contribution in [0.2, 0.25) is 0 Å². The van der Waals surface area contributed by atoms with E-state index >= 15 is 0 Å². The van der Waals surface area contributed by atoms with E-state index in [9.17, 15) is 9.59 Å². The van der Waals surface area contributed by atoms with Crippen molar-refractivity contribution in [2.45, 2.75) is 0 Å². The van der Waals surface area contributed by atoms with Gasteiger partial charge in [0.2, 0.25) is 0 Å². The van der Waals surface area contributed by atoms with Gasteiger partial charge in [-0.3, -0.25) is 4.68 Å². The maximum Gasteiger partial charge on any atom is 0.354 e. The molecule has 0 atom stereocenters. The van der Waals surface area contributed by atoms with Crippen molar-refractivity contribution in [2.75, 3.05) is 19.5 Å². The second-order valence-electron chi connectivity index (χ2n) is 4.68. The van der Waals surface area contributed by atoms with Gasteiger partial charge in [0.25, 0.3) is 0 Å². The third-order valence-corrected chi connectivity index (χ3v) is 3.05. The fraction of sp³-hybridized carbons (Fsp3) is 0.188. The van der Waals surface area contributed by atoms with Gasteiger partial charge in [0.05, 0.1) is 26.5 Å². The summed E-state index contributed by atoms with van der Waals surface area (Å²) in [6.45, 7) is 0. The number of benzene rings is 1. The molecule has 0 aliphatic heterocycles. The molecule has 2 aromatic rings. The molecule has 0 aliphatic rings. The summed E-state index contributed by atoms with van der Waals surface area (Å²) in [4.78, 5) is 23.1. The lowest BCUT2D eigenvalue weighted by molar-refractivity contribution is -0.138. The number of aryl methyl sites for hydroxylation is 1. The van der Waals surface area contributed by atoms with Gasteiger partial charge in [-0.15, -0.1) is 0 Å². The van der Waals surface area contributed by atoms with Gasteiger partial charge in [-0.25, -0.2) is 9.59 Å². The van der Waals surface area contributed by atoms with E-state index in [0.717, 1.165) is 17.2 Å². The summed E-state index contributed by atoms with van der Waals surface area (Å²) in [5.74, 6) is -1.32. The van der Waals surface area contributed by atoms with Crippen molar-refractivity contribution in [3.63, 3.8) is 0 Å². The highest BCUT2D eigenvalue weighted by atomic mass is 16.5. The van der Waals surface area contributed by atoms with Crippen LogP contribution in [0.4, 0.5) is 5.69 Å². The Bertz CT molecular complexity index is 749. The van der Waals surface area contributed by atoms with Crippen molar-refractivity contribution >= 4 is 17.6 Å². The predicted molar refractivity (Wildman–Crippen MR) is 84.4 cm³/mol. The highest BCUT2D eigenvalue weighted by Crippen LogP contribution is 2.23. The van der Waals surface area contributed by atoms with Crippen LogP contribution in [0.25, 0.3) is 11.1 Å². The van der Waals surface area contributed by atoms with Crippen LogP contribution in [-0.2, 0) is 26.1 Å². The topological polar surface area (TPSA) is 82.5 Å². The third kappa shape index (κ3) is 4.19. The van der Waals surface area contributed by atoms with Crippen LogP contribution in [0.1, 0.15) is 0 Å². The first-order valence-corrected chi connectivity index (χ1v) is 6.77. The van der Waals surface area contributed by atoms with Gasteiger partial charge >= 0.3 is 11.9 Å². The minimum Gasteiger partial charge on any atom is -0.466 e. The monoisotopic (exact) mass is 315 g/mol. The largest absolute Gasteiger partial charge is 0.466 e. The van der Waals surface area contributed by atoms with E-state index < -0.39 is 11.9 Å². The maximum atomic E-state index is 11.8. The van der Waals surface area contributed by atoms with Gasteiger partial charge in [-0.05, 0) is 17.7 Å². The normalized spacial score (nSPS) is 11.0. The molecule has 1 aromatic heterocycles. The number of anilines is 1. The molecule has 1 N–H and O–H groups in total. The molecule has 0 bridgehead atoms. The number of nitrogens with one attached hydrogen (secondary N) is 1. The molecule has 0 saturated carbocycles. The molecule has 7 heteroatoms. The Morgan fingerprint density at radius 3 is 2.61 bits per heavy atom. The first kappa shape index (κ1) is 16.3. The number of nitrogens with zero attached hydrogens (tertiary/aromatic N) is 2. The number of hydrogen-bond acceptors (Lipinski definition) is 6. The van der Waals surface area contributed by atoms with Gasteiger partial charge in [0, 0.05) is 24.5 Å². The van der Waals surface area contributed by atoms with E-state index in [1.807, 2.05) is 31.4 Å². The first-order chi connectivity index (χ1) is 11.0. The fourth-order valence-corrected chi connectivity index (χ4v) is 1.94. The molecular weight excluding hydrogens is 298 g/mol. The van der Waals surface area contributed by atoms with Crippen LogP contribution in [0, 0.1) is 0 Å². The van der Waals surface area contributed by atoms with Crippen LogP contribution in [0.3, 0.4) is 0 Å². The molecule has 1 heterocycles. The van der Waals surface area contributed by atoms with Gasteiger partial charge in [0.15, 0.2) is 0 Å². The number of carbonyl (C=O) groups excluding carboxylic acids is 2. The highest BCUT2D eigenvalue weighted by Gasteiger charge is 2.13. The summed E-state index contributed by atoms with van der Waals surface area (Å²) in [6.07, 6.45) is 4.66. The van der Waals surface area contributed by atoms with Crippen LogP contribution < -0.4 is 5.32 Å². The second kappa shape index (κ2) is 7.26. The van der Waals surface area contributed by atoms with Crippen molar-refractivity contribution in [2.24, 2.45) is 7.05 Å². The lowest BCUT2D eigenvalue weighted by atomic mass is 10.1. The second-order valence-corrected chi connectivity index (χ2v) is 4.68. The lowest BCUT2D eigenvalue weighted by Crippen LogP contribution is -2.15. The summed E-state index contributed by atoms with van der Waals surface area (Å²) in [7, 11) is 4.30. The number of hydrogen-bond donors (Lipinski definition) is 1. The molecule has 0 fully saturated rings. The van der Waals surface area contributed by atoms with Crippen molar-refractivity contribution in [1.82, 2.24) is 9.78 Å². The van der Waals surface area contributed by atoms with Crippen molar-refractivity contribution < 1.29 is 19.1 Å². The SMILES string of the molecule is COC(=O)/C=C(/Nc1cccc(-c2cnn(C)c2)c1)C(=O)OC. The average molecular weight is 315 g/mol. The van der Waals surface area contributed by atoms with E-state index in [1.165, 1.54) is 14.2 Å². The number of ether oxygens (including phenoxy) is 2. The number of carbonyl (C=O) groups is 2. The molecule has 0 saturated heterocycles. The third-order valence-electron chi connectivity index (χ3n) is 3.05. The summed E-state index contributed by atoms with van der Waals surface area (Å²) in [6, 6.07) is 7.36. The van der Waals surface area contributed by atoms with Crippen LogP contribution in [0.15, 0.2) is 48.4 Å². The Morgan fingerprint density at radius 1 is 1.22 bits per heavy atom. The minimum atomic E-state index is -0.665. The summed E-state index contributed by atoms with van der Waals surface area (Å²) in [5.41, 5.74) is 2.48. The molecule has 120 valence electrons. The first-order valence-electron chi connectivity index (χ1n) is 6.77. The Balaban J connectivity index is 2.28. The van der Waals surface area contributed by atoms with Crippen LogP contribution >= 0.6 is 0 Å². The van der Waals surface area contributed by atoms with E-state index in [2.05, 4.69) is 19.9 Å². The zero-order valence-corrected chi connectivity index (χ0v) is 13.1. The molecule has 0 aliphatic carbocycles. The van der Waals surface area contributed by atoms with Crippen molar-refractivity contribution in [1.29, 1.82) is 0 Å². The molecule has 0 unspecified atom stereocenters. The Morgan fingerprint density at radius 2 is 2.00 bits per heavy atom. The van der Waals surface area contributed by atoms with Crippen LogP contribution in [-0.4, -0.2) is 35.9 Å². The summed E-state index contributed by atoms with van der Waals surface area (Å²) < 4.78 is 10.9. The Kier molecular flexibility index (Phi) is 5.14. The number of esters is 2. The molecule has 0 amide bonds. The Labute approximate surface area is 133 Å². The molecule has 1 aromatic carbocycles. The number of aromatic nitrogens is 2. The number of rotatable bonds is 5. The number of methoxy groups -OCH3 is 2. The van der Waals surface area contributed by atoms with E-state index in [0.29, 0.717) is 5.69 Å². The molecule has 0 spiro atoms. The van der Waals surface area contributed by atoms with E-state index in [4.69, 9.17) is 0 Å². The van der Waals surface area contributed by atoms with Gasteiger partial charge in [-0.2, -0.15) is 5.10 Å². The van der Waals surface area contributed by atoms with Gasteiger partial charge in [-0.1, -0.05) is 12.1 Å². The molecular formula is C16H17N3O4. The van der Waals surface area contributed by atoms with Crippen LogP contribution in [0.5, 0.6) is 0 Å². The average Bonchev–Trinajstić information content (AvgIpc) is 3.00. The van der Waals surface area contributed by atoms with Crippen molar-refractivity contribution in [3.05, 3.63) is 48.4 Å². The summed E-state index contributed by atoms with van der Waals surface area (Å²) in [5, 5.41) is 7.00. The standard InChI is InChI=1S/C16H17N3O4/c1-19-10-12(9-17-19)11-5-4-6-13(7-11)18-14(16(21)23-3)8-15(20)22-2/h4-10,18H,1-3H3/b14-8+. The molecule has 7 nitrogen and oxygen atoms in total. The van der Waals surface area contributed by atoms with E-state index in [-0.39, 0.29) is 5.70 Å². The Hall–Kier alpha value is -3.09. The predicted octanol–water partition coefficient (Wildman–Crippen LogP) is 1.73. The van der Waals surface area contributed by atoms with E-state index in [1.54, 1.807) is 16.9 Å². The maximum absolute atomic E-state index is 11.8. The smallest absolute Gasteiger partial charge is 0.354 e. The highest BCUT2D eigenvalue weighted by molar-refractivity contribution is 5.98. The fourth-order valence-electron chi connectivity index (χ4n) is 1.94. The zero-order valence-electron chi connectivity index (χ0n) is 13.1. The summed E-state index contributed by atoms with van der Waals surface area (Å²) >= 11 is 0. The quantitative estimate of drug-likeness (QED) is 0.668.